The highest BCUT2D eigenvalue weighted by Crippen LogP contribution is 2.48. The molecular formula is C12H18O. The Labute approximate surface area is 80.2 Å². The lowest BCUT2D eigenvalue weighted by molar-refractivity contribution is -0.116. The van der Waals surface area contributed by atoms with Crippen LogP contribution in [0.25, 0.3) is 0 Å². The fourth-order valence-electron chi connectivity index (χ4n) is 2.92. The third-order valence-corrected chi connectivity index (χ3v) is 3.89. The molecule has 0 amide bonds. The summed E-state index contributed by atoms with van der Waals surface area (Å²) in [5.41, 5.74) is 1.91. The van der Waals surface area contributed by atoms with Gasteiger partial charge in [-0.15, -0.1) is 0 Å². The monoisotopic (exact) mass is 178 g/mol. The van der Waals surface area contributed by atoms with Gasteiger partial charge in [-0.2, -0.15) is 0 Å². The van der Waals surface area contributed by atoms with Gasteiger partial charge < -0.3 is 0 Å². The Morgan fingerprint density at radius 3 is 2.92 bits per heavy atom. The number of hydrogen-bond acceptors (Lipinski definition) is 1. The quantitative estimate of drug-likeness (QED) is 0.602. The summed E-state index contributed by atoms with van der Waals surface area (Å²) in [5, 5.41) is 0. The predicted molar refractivity (Wildman–Crippen MR) is 53.5 cm³/mol. The molecule has 0 aromatic carbocycles. The van der Waals surface area contributed by atoms with Crippen LogP contribution in [0.4, 0.5) is 0 Å². The van der Waals surface area contributed by atoms with Gasteiger partial charge >= 0.3 is 0 Å². The van der Waals surface area contributed by atoms with E-state index >= 15 is 0 Å². The van der Waals surface area contributed by atoms with Gasteiger partial charge in [-0.1, -0.05) is 18.9 Å². The Morgan fingerprint density at radius 2 is 2.15 bits per heavy atom. The van der Waals surface area contributed by atoms with E-state index in [-0.39, 0.29) is 0 Å². The summed E-state index contributed by atoms with van der Waals surface area (Å²) in [6.07, 6.45) is 10.2. The normalized spacial score (nSPS) is 33.9. The summed E-state index contributed by atoms with van der Waals surface area (Å²) in [6, 6.07) is 0. The molecule has 0 N–H and O–H groups in total. The number of hydrogen-bond donors (Lipinski definition) is 0. The van der Waals surface area contributed by atoms with Crippen LogP contribution in [0.3, 0.4) is 0 Å². The van der Waals surface area contributed by atoms with Crippen molar-refractivity contribution in [2.45, 2.75) is 51.9 Å². The van der Waals surface area contributed by atoms with E-state index < -0.39 is 0 Å². The maximum Gasteiger partial charge on any atom is 0.155 e. The zero-order chi connectivity index (χ0) is 9.31. The van der Waals surface area contributed by atoms with Crippen LogP contribution in [0, 0.1) is 5.41 Å². The number of ketones is 1. The van der Waals surface area contributed by atoms with Crippen molar-refractivity contribution in [3.8, 4) is 0 Å². The predicted octanol–water partition coefficient (Wildman–Crippen LogP) is 3.25. The van der Waals surface area contributed by atoms with Crippen LogP contribution >= 0.6 is 0 Å². The number of carbonyl (C=O) groups is 1. The van der Waals surface area contributed by atoms with Crippen LogP contribution in [0.2, 0.25) is 0 Å². The van der Waals surface area contributed by atoms with Gasteiger partial charge in [-0.25, -0.2) is 0 Å². The molecule has 2 aliphatic carbocycles. The smallest absolute Gasteiger partial charge is 0.155 e. The van der Waals surface area contributed by atoms with E-state index in [1.165, 1.54) is 37.7 Å². The molecule has 0 aromatic heterocycles. The molecular weight excluding hydrogens is 160 g/mol. The number of rotatable bonds is 1. The summed E-state index contributed by atoms with van der Waals surface area (Å²) in [5.74, 6) is 0.362. The fourth-order valence-corrected chi connectivity index (χ4v) is 2.92. The molecule has 2 rings (SSSR count). The highest BCUT2D eigenvalue weighted by molar-refractivity contribution is 5.91. The molecule has 1 fully saturated rings. The van der Waals surface area contributed by atoms with E-state index in [2.05, 4.69) is 6.92 Å². The van der Waals surface area contributed by atoms with Crippen molar-refractivity contribution in [2.75, 3.05) is 0 Å². The molecule has 0 radical (unpaired) electrons. The van der Waals surface area contributed by atoms with Crippen LogP contribution < -0.4 is 0 Å². The second kappa shape index (κ2) is 3.28. The van der Waals surface area contributed by atoms with E-state index in [0.29, 0.717) is 11.2 Å². The van der Waals surface area contributed by atoms with Gasteiger partial charge in [0.2, 0.25) is 0 Å². The molecule has 0 aliphatic heterocycles. The number of carbonyl (C=O) groups excluding carboxylic acids is 1. The average molecular weight is 178 g/mol. The van der Waals surface area contributed by atoms with Crippen LogP contribution in [-0.4, -0.2) is 5.78 Å². The minimum absolute atomic E-state index is 0.362. The van der Waals surface area contributed by atoms with E-state index in [9.17, 15) is 4.79 Å². The maximum absolute atomic E-state index is 11.3. The van der Waals surface area contributed by atoms with Crippen molar-refractivity contribution in [1.82, 2.24) is 0 Å². The van der Waals surface area contributed by atoms with E-state index in [1.807, 2.05) is 6.08 Å². The molecule has 1 nitrogen and oxygen atoms in total. The molecule has 0 unspecified atom stereocenters. The molecule has 0 heterocycles. The first-order valence-electron chi connectivity index (χ1n) is 5.51. The molecule has 0 bridgehead atoms. The Hall–Kier alpha value is -0.590. The minimum atomic E-state index is 0.362. The van der Waals surface area contributed by atoms with E-state index in [0.717, 1.165) is 12.8 Å². The van der Waals surface area contributed by atoms with E-state index in [4.69, 9.17) is 0 Å². The topological polar surface area (TPSA) is 17.1 Å². The van der Waals surface area contributed by atoms with Crippen molar-refractivity contribution in [3.63, 3.8) is 0 Å². The van der Waals surface area contributed by atoms with Crippen LogP contribution in [-0.2, 0) is 4.79 Å². The second-order valence-corrected chi connectivity index (χ2v) is 4.48. The summed E-state index contributed by atoms with van der Waals surface area (Å²) < 4.78 is 0. The largest absolute Gasteiger partial charge is 0.295 e. The highest BCUT2D eigenvalue weighted by Gasteiger charge is 2.37. The summed E-state index contributed by atoms with van der Waals surface area (Å²) in [4.78, 5) is 11.3. The molecule has 0 saturated heterocycles. The average Bonchev–Trinajstić information content (AvgIpc) is 2.18. The van der Waals surface area contributed by atoms with Gasteiger partial charge in [0.25, 0.3) is 0 Å². The minimum Gasteiger partial charge on any atom is -0.295 e. The molecule has 72 valence electrons. The lowest BCUT2D eigenvalue weighted by atomic mass is 9.63. The molecule has 1 saturated carbocycles. The molecule has 13 heavy (non-hydrogen) atoms. The Morgan fingerprint density at radius 1 is 1.31 bits per heavy atom. The van der Waals surface area contributed by atoms with E-state index in [1.54, 1.807) is 0 Å². The van der Waals surface area contributed by atoms with Crippen molar-refractivity contribution >= 4 is 5.78 Å². The molecule has 1 heteroatoms. The summed E-state index contributed by atoms with van der Waals surface area (Å²) in [7, 11) is 0. The Bertz CT molecular complexity index is 252. The van der Waals surface area contributed by atoms with Crippen molar-refractivity contribution < 1.29 is 4.79 Å². The van der Waals surface area contributed by atoms with Crippen LogP contribution in [0.5, 0.6) is 0 Å². The van der Waals surface area contributed by atoms with Gasteiger partial charge in [-0.05, 0) is 43.6 Å². The Kier molecular flexibility index (Phi) is 2.27. The maximum atomic E-state index is 11.3. The molecule has 1 atom stereocenters. The zero-order valence-corrected chi connectivity index (χ0v) is 8.44. The van der Waals surface area contributed by atoms with Gasteiger partial charge in [0.1, 0.15) is 0 Å². The standard InChI is InChI=1S/C12H18O/c1-2-12-7-4-3-5-10(12)9-11(13)6-8-12/h9H,2-8H2,1H3/t12-/m0/s1. The summed E-state index contributed by atoms with van der Waals surface area (Å²) >= 11 is 0. The SMILES string of the molecule is CC[C@@]12CCCCC1=CC(=O)CC2. The first-order valence-corrected chi connectivity index (χ1v) is 5.51. The third kappa shape index (κ3) is 1.45. The van der Waals surface area contributed by atoms with Crippen LogP contribution in [0.15, 0.2) is 11.6 Å². The zero-order valence-electron chi connectivity index (χ0n) is 8.44. The fraction of sp³-hybridized carbons (Fsp3) is 0.750. The van der Waals surface area contributed by atoms with Gasteiger partial charge in [0.15, 0.2) is 5.78 Å². The van der Waals surface area contributed by atoms with Crippen LogP contribution in [0.1, 0.15) is 51.9 Å². The lowest BCUT2D eigenvalue weighted by Gasteiger charge is -2.41. The second-order valence-electron chi connectivity index (χ2n) is 4.48. The lowest BCUT2D eigenvalue weighted by Crippen LogP contribution is -2.30. The van der Waals surface area contributed by atoms with Gasteiger partial charge in [-0.3, -0.25) is 4.79 Å². The van der Waals surface area contributed by atoms with Crippen molar-refractivity contribution in [3.05, 3.63) is 11.6 Å². The number of allylic oxidation sites excluding steroid dienone is 2. The number of fused-ring (bicyclic) bond motifs is 1. The molecule has 2 aliphatic rings. The molecule has 0 spiro atoms. The summed E-state index contributed by atoms with van der Waals surface area (Å²) in [6.45, 7) is 2.27. The van der Waals surface area contributed by atoms with Crippen molar-refractivity contribution in [1.29, 1.82) is 0 Å². The highest BCUT2D eigenvalue weighted by atomic mass is 16.1. The first-order chi connectivity index (χ1) is 6.27. The third-order valence-electron chi connectivity index (χ3n) is 3.89. The Balaban J connectivity index is 2.30. The van der Waals surface area contributed by atoms with Gasteiger partial charge in [0, 0.05) is 6.42 Å². The molecule has 0 aromatic rings. The van der Waals surface area contributed by atoms with Gasteiger partial charge in [0.05, 0.1) is 0 Å². The first kappa shape index (κ1) is 8.98. The van der Waals surface area contributed by atoms with Crippen molar-refractivity contribution in [2.24, 2.45) is 5.41 Å².